The number of hydrogen-bond acceptors (Lipinski definition) is 3. The molecule has 2 unspecified atom stereocenters. The van der Waals surface area contributed by atoms with Gasteiger partial charge in [-0.3, -0.25) is 4.90 Å². The zero-order chi connectivity index (χ0) is 20.1. The summed E-state index contributed by atoms with van der Waals surface area (Å²) in [6.45, 7) is 2.18. The highest BCUT2D eigenvalue weighted by Gasteiger charge is 2.53. The summed E-state index contributed by atoms with van der Waals surface area (Å²) in [5.41, 5.74) is 2.41. The molecule has 4 rings (SSSR count). The lowest BCUT2D eigenvalue weighted by Crippen LogP contribution is -2.37. The number of carbonyl (C=O) groups excluding carboxylic acids is 1. The van der Waals surface area contributed by atoms with Gasteiger partial charge in [-0.2, -0.15) is 0 Å². The molecule has 2 aromatic rings. The van der Waals surface area contributed by atoms with Crippen LogP contribution < -0.4 is 4.90 Å². The van der Waals surface area contributed by atoms with E-state index in [-0.39, 0.29) is 29.1 Å². The second-order valence-corrected chi connectivity index (χ2v) is 9.81. The third-order valence-electron chi connectivity index (χ3n) is 5.46. The lowest BCUT2D eigenvalue weighted by atomic mass is 10.1. The summed E-state index contributed by atoms with van der Waals surface area (Å²) >= 11 is 6.13. The second-order valence-electron chi connectivity index (χ2n) is 7.25. The Morgan fingerprint density at radius 1 is 1.11 bits per heavy atom. The van der Waals surface area contributed by atoms with Crippen LogP contribution in [0.2, 0.25) is 5.02 Å². The van der Waals surface area contributed by atoms with Crippen LogP contribution in [0.4, 0.5) is 14.9 Å². The van der Waals surface area contributed by atoms with Crippen molar-refractivity contribution in [2.45, 2.75) is 32.0 Å². The van der Waals surface area contributed by atoms with Crippen molar-refractivity contribution < 1.29 is 17.6 Å². The van der Waals surface area contributed by atoms with Gasteiger partial charge in [0, 0.05) is 17.3 Å². The van der Waals surface area contributed by atoms with Crippen molar-refractivity contribution in [1.82, 2.24) is 4.90 Å². The number of halogens is 2. The van der Waals surface area contributed by atoms with Crippen LogP contribution in [0.5, 0.6) is 0 Å². The SMILES string of the molecule is CCc1ccc(N2C(=O)N(Cc3ccc(F)cc3Cl)C3CS(=O)(=O)CC32)cc1. The smallest absolute Gasteiger partial charge is 0.314 e. The summed E-state index contributed by atoms with van der Waals surface area (Å²) in [4.78, 5) is 16.3. The van der Waals surface area contributed by atoms with Crippen molar-refractivity contribution in [1.29, 1.82) is 0 Å². The summed E-state index contributed by atoms with van der Waals surface area (Å²) in [5, 5.41) is 0.218. The lowest BCUT2D eigenvalue weighted by molar-refractivity contribution is 0.206. The van der Waals surface area contributed by atoms with Crippen LogP contribution in [-0.4, -0.2) is 42.9 Å². The number of hydrogen-bond donors (Lipinski definition) is 0. The fourth-order valence-corrected chi connectivity index (χ4v) is 6.17. The number of aryl methyl sites for hydroxylation is 1. The Hall–Kier alpha value is -2.12. The fourth-order valence-electron chi connectivity index (χ4n) is 3.99. The van der Waals surface area contributed by atoms with Gasteiger partial charge in [0.25, 0.3) is 0 Å². The molecule has 2 aliphatic heterocycles. The minimum atomic E-state index is -3.25. The van der Waals surface area contributed by atoms with Crippen molar-refractivity contribution in [3.63, 3.8) is 0 Å². The Morgan fingerprint density at radius 2 is 1.79 bits per heavy atom. The highest BCUT2D eigenvalue weighted by atomic mass is 35.5. The van der Waals surface area contributed by atoms with E-state index in [9.17, 15) is 17.6 Å². The van der Waals surface area contributed by atoms with Gasteiger partial charge in [0.15, 0.2) is 9.84 Å². The van der Waals surface area contributed by atoms with Crippen LogP contribution in [0.3, 0.4) is 0 Å². The molecule has 0 N–H and O–H groups in total. The predicted octanol–water partition coefficient (Wildman–Crippen LogP) is 3.65. The number of rotatable bonds is 4. The summed E-state index contributed by atoms with van der Waals surface area (Å²) in [7, 11) is -3.25. The molecule has 0 bridgehead atoms. The van der Waals surface area contributed by atoms with Gasteiger partial charge in [0.2, 0.25) is 0 Å². The molecule has 5 nitrogen and oxygen atoms in total. The molecule has 0 saturated carbocycles. The van der Waals surface area contributed by atoms with E-state index in [4.69, 9.17) is 11.6 Å². The van der Waals surface area contributed by atoms with E-state index in [0.717, 1.165) is 12.0 Å². The first kappa shape index (κ1) is 19.2. The van der Waals surface area contributed by atoms with Crippen molar-refractivity contribution in [3.05, 3.63) is 64.4 Å². The number of benzene rings is 2. The average Bonchev–Trinajstić information content (AvgIpc) is 3.07. The van der Waals surface area contributed by atoms with Crippen LogP contribution in [-0.2, 0) is 22.8 Å². The van der Waals surface area contributed by atoms with Crippen LogP contribution in [0.1, 0.15) is 18.1 Å². The molecule has 2 aliphatic rings. The first-order valence-electron chi connectivity index (χ1n) is 9.12. The van der Waals surface area contributed by atoms with Gasteiger partial charge in [0.05, 0.1) is 23.6 Å². The molecule has 2 amide bonds. The van der Waals surface area contributed by atoms with Crippen LogP contribution in [0, 0.1) is 5.82 Å². The third kappa shape index (κ3) is 3.37. The highest BCUT2D eigenvalue weighted by molar-refractivity contribution is 7.91. The largest absolute Gasteiger partial charge is 0.325 e. The van der Waals surface area contributed by atoms with E-state index in [1.807, 2.05) is 31.2 Å². The molecule has 8 heteroatoms. The van der Waals surface area contributed by atoms with Gasteiger partial charge in [-0.25, -0.2) is 17.6 Å². The minimum absolute atomic E-state index is 0.0629. The number of urea groups is 1. The summed E-state index contributed by atoms with van der Waals surface area (Å²) < 4.78 is 37.9. The van der Waals surface area contributed by atoms with Gasteiger partial charge in [0.1, 0.15) is 5.82 Å². The minimum Gasteiger partial charge on any atom is -0.314 e. The Bertz CT molecular complexity index is 1030. The maximum atomic E-state index is 13.3. The van der Waals surface area contributed by atoms with E-state index >= 15 is 0 Å². The zero-order valence-electron chi connectivity index (χ0n) is 15.3. The molecule has 2 saturated heterocycles. The van der Waals surface area contributed by atoms with E-state index in [1.54, 1.807) is 9.80 Å². The van der Waals surface area contributed by atoms with Crippen molar-refractivity contribution in [2.24, 2.45) is 0 Å². The van der Waals surface area contributed by atoms with E-state index in [2.05, 4.69) is 0 Å². The van der Waals surface area contributed by atoms with E-state index in [1.165, 1.54) is 18.2 Å². The van der Waals surface area contributed by atoms with Crippen LogP contribution in [0.25, 0.3) is 0 Å². The van der Waals surface area contributed by atoms with E-state index < -0.39 is 27.7 Å². The molecular weight excluding hydrogens is 403 g/mol. The Kier molecular flexibility index (Phi) is 4.83. The monoisotopic (exact) mass is 422 g/mol. The Labute approximate surface area is 168 Å². The molecule has 148 valence electrons. The Morgan fingerprint density at radius 3 is 2.43 bits per heavy atom. The summed E-state index contributed by atoms with van der Waals surface area (Å²) in [6.07, 6.45) is 0.879. The standard InChI is InChI=1S/C20H20ClFN2O3S/c1-2-13-3-7-16(8-4-13)24-19-12-28(26,27)11-18(19)23(20(24)25)10-14-5-6-15(22)9-17(14)21/h3-9,18-19H,2,10-12H2,1H3. The van der Waals surface area contributed by atoms with Gasteiger partial charge in [-0.1, -0.05) is 36.7 Å². The number of carbonyl (C=O) groups is 1. The van der Waals surface area contributed by atoms with Crippen LogP contribution in [0.15, 0.2) is 42.5 Å². The first-order valence-corrected chi connectivity index (χ1v) is 11.3. The van der Waals surface area contributed by atoms with Gasteiger partial charge in [-0.05, 0) is 41.8 Å². The number of sulfone groups is 1. The van der Waals surface area contributed by atoms with Crippen molar-refractivity contribution >= 4 is 33.2 Å². The number of amides is 2. The molecule has 28 heavy (non-hydrogen) atoms. The molecule has 2 heterocycles. The summed E-state index contributed by atoms with van der Waals surface area (Å²) in [5.74, 6) is -0.598. The normalized spacial score (nSPS) is 23.3. The fraction of sp³-hybridized carbons (Fsp3) is 0.350. The molecule has 2 atom stereocenters. The maximum Gasteiger partial charge on any atom is 0.325 e. The lowest BCUT2D eigenvalue weighted by Gasteiger charge is -2.23. The maximum absolute atomic E-state index is 13.3. The molecule has 0 radical (unpaired) electrons. The predicted molar refractivity (Wildman–Crippen MR) is 107 cm³/mol. The molecule has 2 aromatic carbocycles. The quantitative estimate of drug-likeness (QED) is 0.707. The average molecular weight is 423 g/mol. The van der Waals surface area contributed by atoms with Crippen molar-refractivity contribution in [2.75, 3.05) is 16.4 Å². The summed E-state index contributed by atoms with van der Waals surface area (Å²) in [6, 6.07) is 10.5. The van der Waals surface area contributed by atoms with Gasteiger partial charge >= 0.3 is 6.03 Å². The number of nitrogens with zero attached hydrogens (tertiary/aromatic N) is 2. The molecule has 0 spiro atoms. The Balaban J connectivity index is 1.69. The third-order valence-corrected chi connectivity index (χ3v) is 7.51. The first-order chi connectivity index (χ1) is 13.3. The van der Waals surface area contributed by atoms with Crippen LogP contribution >= 0.6 is 11.6 Å². The molecular formula is C20H20ClFN2O3S. The highest BCUT2D eigenvalue weighted by Crippen LogP contribution is 2.36. The molecule has 2 fully saturated rings. The van der Waals surface area contributed by atoms with Gasteiger partial charge in [-0.15, -0.1) is 0 Å². The molecule has 0 aliphatic carbocycles. The number of anilines is 1. The molecule has 0 aromatic heterocycles. The van der Waals surface area contributed by atoms with Crippen molar-refractivity contribution in [3.8, 4) is 0 Å². The second kappa shape index (κ2) is 7.04. The van der Waals surface area contributed by atoms with Gasteiger partial charge < -0.3 is 4.90 Å². The topological polar surface area (TPSA) is 57.7 Å². The zero-order valence-corrected chi connectivity index (χ0v) is 16.9. The van der Waals surface area contributed by atoms with E-state index in [0.29, 0.717) is 11.3 Å². The number of fused-ring (bicyclic) bond motifs is 1.